The minimum atomic E-state index is 0.679. The Morgan fingerprint density at radius 3 is 1.64 bits per heavy atom. The van der Waals surface area contributed by atoms with Gasteiger partial charge in [-0.05, 0) is 68.1 Å². The van der Waals surface area contributed by atoms with Gasteiger partial charge in [-0.1, -0.05) is 188 Å². The zero-order valence-electron chi connectivity index (χ0n) is 33.0. The number of hydrogen-bond donors (Lipinski definition) is 0. The molecule has 0 radical (unpaired) electrons. The molecule has 0 saturated carbocycles. The van der Waals surface area contributed by atoms with Gasteiger partial charge in [0, 0.05) is 27.6 Å². The summed E-state index contributed by atoms with van der Waals surface area (Å²) >= 11 is 0. The van der Waals surface area contributed by atoms with Crippen molar-refractivity contribution in [1.29, 1.82) is 0 Å². The van der Waals surface area contributed by atoms with E-state index in [1.807, 2.05) is 36.4 Å². The normalized spacial score (nSPS) is 11.6. The van der Waals surface area contributed by atoms with Gasteiger partial charge >= 0.3 is 0 Å². The van der Waals surface area contributed by atoms with E-state index in [2.05, 4.69) is 176 Å². The van der Waals surface area contributed by atoms with Crippen molar-refractivity contribution in [2.75, 3.05) is 0 Å². The van der Waals surface area contributed by atoms with Crippen LogP contribution < -0.4 is 0 Å². The highest BCUT2D eigenvalue weighted by molar-refractivity contribution is 6.24. The SMILES string of the molecule is c1ccc(-c2ccc(-c3nc(-c4ccccc4)cc(-c4ccc(-c5nc6cccc(-c7cc8ccccc8c8ccccc78)c6c6oc7ccccc7c56)cc4)n3)cc2)cc1. The zero-order chi connectivity index (χ0) is 40.3. The van der Waals surface area contributed by atoms with Gasteiger partial charge in [0.1, 0.15) is 11.2 Å². The summed E-state index contributed by atoms with van der Waals surface area (Å²) < 4.78 is 6.87. The maximum absolute atomic E-state index is 6.87. The minimum Gasteiger partial charge on any atom is -0.455 e. The Bertz CT molecular complexity index is 3610. The van der Waals surface area contributed by atoms with E-state index in [0.717, 1.165) is 88.9 Å². The van der Waals surface area contributed by atoms with Crippen molar-refractivity contribution in [1.82, 2.24) is 15.0 Å². The van der Waals surface area contributed by atoms with Crippen LogP contribution >= 0.6 is 0 Å². The molecule has 0 aliphatic heterocycles. The number of aromatic nitrogens is 3. The van der Waals surface area contributed by atoms with E-state index in [9.17, 15) is 0 Å². The van der Waals surface area contributed by atoms with E-state index in [1.165, 1.54) is 27.1 Å². The summed E-state index contributed by atoms with van der Waals surface area (Å²) in [5.41, 5.74) is 13.7. The first-order chi connectivity index (χ1) is 30.2. The average Bonchev–Trinajstić information content (AvgIpc) is 3.74. The minimum absolute atomic E-state index is 0.679. The Balaban J connectivity index is 1.01. The highest BCUT2D eigenvalue weighted by atomic mass is 16.3. The Morgan fingerprint density at radius 2 is 0.885 bits per heavy atom. The highest BCUT2D eigenvalue weighted by Gasteiger charge is 2.22. The number of pyridine rings is 1. The van der Waals surface area contributed by atoms with E-state index >= 15 is 0 Å². The van der Waals surface area contributed by atoms with Gasteiger partial charge in [0.25, 0.3) is 0 Å². The summed E-state index contributed by atoms with van der Waals surface area (Å²) in [6.07, 6.45) is 0. The van der Waals surface area contributed by atoms with Crippen LogP contribution in [0.25, 0.3) is 122 Å². The molecule has 0 atom stereocenters. The molecule has 4 heteroatoms. The summed E-state index contributed by atoms with van der Waals surface area (Å²) in [7, 11) is 0. The fourth-order valence-corrected chi connectivity index (χ4v) is 8.94. The molecule has 284 valence electrons. The number of nitrogens with zero attached hydrogens (tertiary/aromatic N) is 3. The topological polar surface area (TPSA) is 51.8 Å². The molecule has 0 aliphatic carbocycles. The summed E-state index contributed by atoms with van der Waals surface area (Å²) in [5.74, 6) is 0.679. The standard InChI is InChI=1S/C57H35N3O/c1-3-14-36(15-4-1)37-26-32-41(33-27-37)57-59-50(38-16-5-2-6-17-38)35-51(60-57)39-28-30-40(31-29-39)55-54-47-22-11-12-25-52(47)61-56(54)53-46(23-13-24-49(53)58-55)48-34-42-18-7-8-19-43(42)44-20-9-10-21-45(44)48/h1-35H. The number of fused-ring (bicyclic) bond motifs is 8. The van der Waals surface area contributed by atoms with Crippen molar-refractivity contribution in [3.63, 3.8) is 0 Å². The van der Waals surface area contributed by atoms with E-state index in [-0.39, 0.29) is 0 Å². The van der Waals surface area contributed by atoms with Crippen LogP contribution in [0.15, 0.2) is 217 Å². The van der Waals surface area contributed by atoms with Gasteiger partial charge in [0.2, 0.25) is 0 Å². The fraction of sp³-hybridized carbons (Fsp3) is 0. The first kappa shape index (κ1) is 34.8. The number of furan rings is 1. The Hall–Kier alpha value is -8.21. The molecule has 0 N–H and O–H groups in total. The molecule has 61 heavy (non-hydrogen) atoms. The average molecular weight is 778 g/mol. The first-order valence-electron chi connectivity index (χ1n) is 20.6. The number of hydrogen-bond acceptors (Lipinski definition) is 4. The van der Waals surface area contributed by atoms with E-state index in [1.54, 1.807) is 0 Å². The first-order valence-corrected chi connectivity index (χ1v) is 20.6. The van der Waals surface area contributed by atoms with Crippen LogP contribution in [-0.4, -0.2) is 15.0 Å². The van der Waals surface area contributed by atoms with Gasteiger partial charge in [-0.3, -0.25) is 0 Å². The number of para-hydroxylation sites is 1. The van der Waals surface area contributed by atoms with Crippen molar-refractivity contribution in [3.8, 4) is 67.4 Å². The quantitative estimate of drug-likeness (QED) is 0.158. The van der Waals surface area contributed by atoms with Crippen LogP contribution in [0.4, 0.5) is 0 Å². The maximum Gasteiger partial charge on any atom is 0.160 e. The third-order valence-corrected chi connectivity index (χ3v) is 11.9. The van der Waals surface area contributed by atoms with Crippen molar-refractivity contribution < 1.29 is 4.42 Å². The lowest BCUT2D eigenvalue weighted by molar-refractivity contribution is 0.672. The van der Waals surface area contributed by atoms with Gasteiger partial charge in [-0.15, -0.1) is 0 Å². The Labute approximate surface area is 352 Å². The van der Waals surface area contributed by atoms with Crippen LogP contribution in [0.2, 0.25) is 0 Å². The van der Waals surface area contributed by atoms with Crippen LogP contribution in [0.1, 0.15) is 0 Å². The highest BCUT2D eigenvalue weighted by Crippen LogP contribution is 2.45. The molecule has 4 nitrogen and oxygen atoms in total. The van der Waals surface area contributed by atoms with E-state index < -0.39 is 0 Å². The molecule has 0 bridgehead atoms. The summed E-state index contributed by atoms with van der Waals surface area (Å²) in [6, 6.07) is 74.3. The van der Waals surface area contributed by atoms with Gasteiger partial charge in [-0.25, -0.2) is 15.0 Å². The van der Waals surface area contributed by atoms with E-state index in [4.69, 9.17) is 19.4 Å². The summed E-state index contributed by atoms with van der Waals surface area (Å²) in [6.45, 7) is 0. The lowest BCUT2D eigenvalue weighted by atomic mass is 9.90. The van der Waals surface area contributed by atoms with Crippen molar-refractivity contribution in [2.24, 2.45) is 0 Å². The number of rotatable bonds is 6. The second-order valence-corrected chi connectivity index (χ2v) is 15.5. The molecule has 12 rings (SSSR count). The van der Waals surface area contributed by atoms with Crippen molar-refractivity contribution in [3.05, 3.63) is 212 Å². The van der Waals surface area contributed by atoms with Gasteiger partial charge in [0.05, 0.1) is 33.4 Å². The molecule has 9 aromatic carbocycles. The van der Waals surface area contributed by atoms with Crippen LogP contribution in [0, 0.1) is 0 Å². The lowest BCUT2D eigenvalue weighted by Gasteiger charge is -2.14. The van der Waals surface area contributed by atoms with Gasteiger partial charge in [0.15, 0.2) is 5.82 Å². The molecule has 0 unspecified atom stereocenters. The molecule has 12 aromatic rings. The number of benzene rings is 9. The van der Waals surface area contributed by atoms with Gasteiger partial charge < -0.3 is 4.42 Å². The molecular weight excluding hydrogens is 743 g/mol. The second-order valence-electron chi connectivity index (χ2n) is 15.5. The largest absolute Gasteiger partial charge is 0.455 e. The molecule has 0 spiro atoms. The zero-order valence-corrected chi connectivity index (χ0v) is 33.0. The van der Waals surface area contributed by atoms with Gasteiger partial charge in [-0.2, -0.15) is 0 Å². The maximum atomic E-state index is 6.87. The predicted molar refractivity (Wildman–Crippen MR) is 252 cm³/mol. The molecular formula is C57H35N3O. The van der Waals surface area contributed by atoms with Crippen molar-refractivity contribution >= 4 is 54.4 Å². The Morgan fingerprint density at radius 1 is 0.328 bits per heavy atom. The fourth-order valence-electron chi connectivity index (χ4n) is 8.94. The third-order valence-electron chi connectivity index (χ3n) is 11.9. The molecule has 3 heterocycles. The van der Waals surface area contributed by atoms with Crippen molar-refractivity contribution in [2.45, 2.75) is 0 Å². The smallest absolute Gasteiger partial charge is 0.160 e. The second kappa shape index (κ2) is 14.3. The predicted octanol–water partition coefficient (Wildman–Crippen LogP) is 15.2. The lowest BCUT2D eigenvalue weighted by Crippen LogP contribution is -1.96. The van der Waals surface area contributed by atoms with E-state index in [0.29, 0.717) is 5.82 Å². The van der Waals surface area contributed by atoms with Crippen LogP contribution in [-0.2, 0) is 0 Å². The van der Waals surface area contributed by atoms with Crippen LogP contribution in [0.5, 0.6) is 0 Å². The molecule has 0 amide bonds. The Kier molecular flexibility index (Phi) is 8.13. The molecule has 3 aromatic heterocycles. The summed E-state index contributed by atoms with van der Waals surface area (Å²) in [4.78, 5) is 15.7. The summed E-state index contributed by atoms with van der Waals surface area (Å²) in [5, 5.41) is 7.92. The molecule has 0 aliphatic rings. The third kappa shape index (κ3) is 5.96. The monoisotopic (exact) mass is 777 g/mol. The van der Waals surface area contributed by atoms with Crippen LogP contribution in [0.3, 0.4) is 0 Å². The molecule has 0 fully saturated rings. The molecule has 0 saturated heterocycles.